The van der Waals surface area contributed by atoms with E-state index in [-0.39, 0.29) is 30.5 Å². The van der Waals surface area contributed by atoms with Gasteiger partial charge in [0.25, 0.3) is 0 Å². The normalized spacial score (nSPS) is 36.0. The van der Waals surface area contributed by atoms with E-state index < -0.39 is 18.0 Å². The van der Waals surface area contributed by atoms with Gasteiger partial charge in [-0.2, -0.15) is 0 Å². The first-order chi connectivity index (χ1) is 14.8. The molecule has 1 aromatic rings. The van der Waals surface area contributed by atoms with Gasteiger partial charge in [0.15, 0.2) is 6.29 Å². The SMILES string of the molecule is C/C=C(\C)[C@H]1OC(=O)C[C@H](O)CC[C@@]2(C)OC(c3ccc(OC)cc3)O[C@H]2/C=C/[C@@H]1C. The molecule has 6 nitrogen and oxygen atoms in total. The van der Waals surface area contributed by atoms with E-state index in [0.29, 0.717) is 12.8 Å². The van der Waals surface area contributed by atoms with Gasteiger partial charge in [-0.05, 0) is 51.3 Å². The van der Waals surface area contributed by atoms with Crippen LogP contribution in [0.5, 0.6) is 5.75 Å². The van der Waals surface area contributed by atoms with Crippen molar-refractivity contribution in [2.45, 2.75) is 77.2 Å². The van der Waals surface area contributed by atoms with Crippen molar-refractivity contribution in [1.82, 2.24) is 0 Å². The minimum atomic E-state index is -0.793. The van der Waals surface area contributed by atoms with Crippen molar-refractivity contribution in [2.75, 3.05) is 7.11 Å². The number of esters is 1. The standard InChI is InChI=1S/C25H34O6/c1-6-16(2)23-17(3)7-12-21-25(4,14-13-19(26)15-22(27)30-23)31-24(29-21)18-8-10-20(28-5)11-9-18/h6-12,17,19,21,23-24,26H,13-15H2,1-5H3/b12-7+,16-6+/t17-,19+,21-,23+,24?,25+/m0/s1. The molecular formula is C25H34O6. The highest BCUT2D eigenvalue weighted by Gasteiger charge is 2.45. The zero-order valence-electron chi connectivity index (χ0n) is 19.0. The maximum absolute atomic E-state index is 12.4. The molecule has 0 spiro atoms. The van der Waals surface area contributed by atoms with Gasteiger partial charge < -0.3 is 24.1 Å². The molecule has 1 unspecified atom stereocenters. The Morgan fingerprint density at radius 1 is 1.26 bits per heavy atom. The van der Waals surface area contributed by atoms with Crippen molar-refractivity contribution in [2.24, 2.45) is 5.92 Å². The Morgan fingerprint density at radius 3 is 2.61 bits per heavy atom. The fraction of sp³-hybridized carbons (Fsp3) is 0.560. The Morgan fingerprint density at radius 2 is 1.97 bits per heavy atom. The lowest BCUT2D eigenvalue weighted by Gasteiger charge is -2.30. The fourth-order valence-corrected chi connectivity index (χ4v) is 4.07. The quantitative estimate of drug-likeness (QED) is 0.563. The number of carbonyl (C=O) groups excluding carboxylic acids is 1. The average Bonchev–Trinajstić information content (AvgIpc) is 3.10. The summed E-state index contributed by atoms with van der Waals surface area (Å²) in [6.07, 6.45) is 4.93. The topological polar surface area (TPSA) is 74.2 Å². The molecule has 2 heterocycles. The van der Waals surface area contributed by atoms with Gasteiger partial charge in [-0.25, -0.2) is 0 Å². The summed E-state index contributed by atoms with van der Waals surface area (Å²) in [5.41, 5.74) is 1.25. The first-order valence-corrected chi connectivity index (χ1v) is 10.9. The number of aliphatic hydroxyl groups excluding tert-OH is 1. The summed E-state index contributed by atoms with van der Waals surface area (Å²) in [7, 11) is 1.63. The van der Waals surface area contributed by atoms with Crippen molar-refractivity contribution >= 4 is 5.97 Å². The summed E-state index contributed by atoms with van der Waals surface area (Å²) in [5.74, 6) is 0.330. The van der Waals surface area contributed by atoms with Crippen LogP contribution >= 0.6 is 0 Å². The molecule has 1 saturated heterocycles. The summed E-state index contributed by atoms with van der Waals surface area (Å²) in [4.78, 5) is 12.4. The molecule has 0 aliphatic carbocycles. The minimum absolute atomic E-state index is 0.0343. The molecule has 31 heavy (non-hydrogen) atoms. The first kappa shape index (κ1) is 23.5. The van der Waals surface area contributed by atoms with E-state index in [1.807, 2.05) is 70.2 Å². The second-order valence-corrected chi connectivity index (χ2v) is 8.68. The lowest BCUT2D eigenvalue weighted by Crippen LogP contribution is -2.37. The van der Waals surface area contributed by atoms with Gasteiger partial charge in [0.1, 0.15) is 18.0 Å². The van der Waals surface area contributed by atoms with Crippen LogP contribution in [0.3, 0.4) is 0 Å². The fourth-order valence-electron chi connectivity index (χ4n) is 4.07. The largest absolute Gasteiger partial charge is 0.497 e. The third-order valence-electron chi connectivity index (χ3n) is 6.24. The third kappa shape index (κ3) is 5.56. The molecule has 0 aromatic heterocycles. The Kier molecular flexibility index (Phi) is 7.57. The molecule has 1 fully saturated rings. The van der Waals surface area contributed by atoms with Gasteiger partial charge in [-0.3, -0.25) is 4.79 Å². The van der Waals surface area contributed by atoms with Gasteiger partial charge in [0.2, 0.25) is 0 Å². The van der Waals surface area contributed by atoms with E-state index in [2.05, 4.69) is 0 Å². The number of benzene rings is 1. The molecule has 0 radical (unpaired) electrons. The van der Waals surface area contributed by atoms with Gasteiger partial charge in [0.05, 0.1) is 25.2 Å². The van der Waals surface area contributed by atoms with Crippen LogP contribution in [0.4, 0.5) is 0 Å². The molecule has 2 aliphatic rings. The molecule has 2 aliphatic heterocycles. The molecular weight excluding hydrogens is 396 g/mol. The van der Waals surface area contributed by atoms with Crippen LogP contribution in [0.15, 0.2) is 48.1 Å². The van der Waals surface area contributed by atoms with E-state index in [1.165, 1.54) is 0 Å². The first-order valence-electron chi connectivity index (χ1n) is 10.9. The highest BCUT2D eigenvalue weighted by molar-refractivity contribution is 5.70. The molecule has 3 rings (SSSR count). The van der Waals surface area contributed by atoms with E-state index in [4.69, 9.17) is 18.9 Å². The summed E-state index contributed by atoms with van der Waals surface area (Å²) in [5, 5.41) is 10.4. The number of carbonyl (C=O) groups is 1. The molecule has 1 N–H and O–H groups in total. The number of allylic oxidation sites excluding steroid dienone is 1. The monoisotopic (exact) mass is 430 g/mol. The number of hydrogen-bond acceptors (Lipinski definition) is 6. The smallest absolute Gasteiger partial charge is 0.309 e. The summed E-state index contributed by atoms with van der Waals surface area (Å²) < 4.78 is 23.6. The van der Waals surface area contributed by atoms with E-state index in [0.717, 1.165) is 16.9 Å². The summed E-state index contributed by atoms with van der Waals surface area (Å²) >= 11 is 0. The van der Waals surface area contributed by atoms with Crippen LogP contribution < -0.4 is 4.74 Å². The van der Waals surface area contributed by atoms with Crippen LogP contribution in [0.25, 0.3) is 0 Å². The predicted molar refractivity (Wildman–Crippen MR) is 118 cm³/mol. The maximum Gasteiger partial charge on any atom is 0.309 e. The van der Waals surface area contributed by atoms with Crippen molar-refractivity contribution in [1.29, 1.82) is 0 Å². The van der Waals surface area contributed by atoms with Crippen molar-refractivity contribution in [3.63, 3.8) is 0 Å². The van der Waals surface area contributed by atoms with E-state index in [9.17, 15) is 9.90 Å². The Balaban J connectivity index is 1.88. The lowest BCUT2D eigenvalue weighted by atomic mass is 9.89. The zero-order chi connectivity index (χ0) is 22.6. The number of cyclic esters (lactones) is 1. The van der Waals surface area contributed by atoms with Crippen LogP contribution in [0, 0.1) is 5.92 Å². The van der Waals surface area contributed by atoms with Crippen molar-refractivity contribution in [3.05, 3.63) is 53.6 Å². The highest BCUT2D eigenvalue weighted by atomic mass is 16.7. The molecule has 0 amide bonds. The molecule has 170 valence electrons. The van der Waals surface area contributed by atoms with Gasteiger partial charge in [-0.15, -0.1) is 0 Å². The highest BCUT2D eigenvalue weighted by Crippen LogP contribution is 2.42. The predicted octanol–water partition coefficient (Wildman–Crippen LogP) is 4.48. The number of ether oxygens (including phenoxy) is 4. The van der Waals surface area contributed by atoms with Crippen LogP contribution in [0.1, 0.15) is 58.8 Å². The number of rotatable bonds is 3. The van der Waals surface area contributed by atoms with Crippen molar-refractivity contribution < 1.29 is 28.8 Å². The lowest BCUT2D eigenvalue weighted by molar-refractivity contribution is -0.151. The van der Waals surface area contributed by atoms with Gasteiger partial charge in [0, 0.05) is 11.5 Å². The number of hydrogen-bond donors (Lipinski definition) is 1. The molecule has 6 heteroatoms. The molecule has 6 atom stereocenters. The van der Waals surface area contributed by atoms with Crippen LogP contribution in [0.2, 0.25) is 0 Å². The Bertz CT molecular complexity index is 814. The molecule has 0 bridgehead atoms. The third-order valence-corrected chi connectivity index (χ3v) is 6.24. The van der Waals surface area contributed by atoms with Crippen LogP contribution in [-0.4, -0.2) is 42.1 Å². The summed E-state index contributed by atoms with van der Waals surface area (Å²) in [6.45, 7) is 7.89. The molecule has 0 saturated carbocycles. The average molecular weight is 431 g/mol. The number of fused-ring (bicyclic) bond motifs is 1. The maximum atomic E-state index is 12.4. The van der Waals surface area contributed by atoms with Crippen LogP contribution in [-0.2, 0) is 19.0 Å². The second kappa shape index (κ2) is 9.98. The van der Waals surface area contributed by atoms with E-state index >= 15 is 0 Å². The number of aliphatic hydroxyl groups is 1. The Hall–Kier alpha value is -2.15. The zero-order valence-corrected chi connectivity index (χ0v) is 19.0. The number of methoxy groups -OCH3 is 1. The minimum Gasteiger partial charge on any atom is -0.497 e. The van der Waals surface area contributed by atoms with Crippen molar-refractivity contribution in [3.8, 4) is 5.75 Å². The summed E-state index contributed by atoms with van der Waals surface area (Å²) in [6, 6.07) is 7.62. The second-order valence-electron chi connectivity index (χ2n) is 8.68. The van der Waals surface area contributed by atoms with Gasteiger partial charge >= 0.3 is 5.97 Å². The molecule has 1 aromatic carbocycles. The van der Waals surface area contributed by atoms with E-state index in [1.54, 1.807) is 7.11 Å². The Labute approximate surface area is 184 Å². The van der Waals surface area contributed by atoms with Gasteiger partial charge in [-0.1, -0.05) is 37.3 Å².